The first kappa shape index (κ1) is 18.0. The Morgan fingerprint density at radius 1 is 1.23 bits per heavy atom. The van der Waals surface area contributed by atoms with Gasteiger partial charge in [-0.25, -0.2) is 4.79 Å². The summed E-state index contributed by atoms with van der Waals surface area (Å²) in [5, 5.41) is 5.79. The van der Waals surface area contributed by atoms with Crippen molar-refractivity contribution >= 4 is 23.0 Å². The van der Waals surface area contributed by atoms with E-state index < -0.39 is 30.0 Å². The zero-order valence-corrected chi connectivity index (χ0v) is 15.2. The molecule has 1 saturated heterocycles. The smallest absolute Gasteiger partial charge is 0.315 e. The summed E-state index contributed by atoms with van der Waals surface area (Å²) < 4.78 is 10.8. The highest BCUT2D eigenvalue weighted by atomic mass is 16.5. The number of carbonyl (C=O) groups is 2. The maximum atomic E-state index is 13.1. The Labute approximate surface area is 150 Å². The van der Waals surface area contributed by atoms with Crippen LogP contribution in [0.4, 0.5) is 4.79 Å². The number of hydrogen-bond acceptors (Lipinski definition) is 5. The lowest BCUT2D eigenvalue weighted by molar-refractivity contribution is -0.150. The molecular formula is C19H22N2O5. The molecule has 3 atom stereocenters. The molecule has 0 bridgehead atoms. The predicted octanol–water partition coefficient (Wildman–Crippen LogP) is 2.33. The van der Waals surface area contributed by atoms with Crippen LogP contribution >= 0.6 is 0 Å². The van der Waals surface area contributed by atoms with Gasteiger partial charge in [0, 0.05) is 6.04 Å². The standard InChI is InChI=1S/C19H22N2O5/c1-5-25-18(23)15-11(4)20-19(24)21-16(15)12-8-26-13-7-9(2)6-10(3)14(13)17(12)22/h6-8,11,15-16H,5H2,1-4H3,(H2,20,21,24). The molecule has 0 radical (unpaired) electrons. The molecular weight excluding hydrogens is 336 g/mol. The second-order valence-electron chi connectivity index (χ2n) is 6.64. The van der Waals surface area contributed by atoms with Gasteiger partial charge in [-0.3, -0.25) is 9.59 Å². The van der Waals surface area contributed by atoms with Crippen LogP contribution < -0.4 is 16.1 Å². The average Bonchev–Trinajstić information content (AvgIpc) is 2.53. The Hall–Kier alpha value is -2.83. The molecule has 7 heteroatoms. The van der Waals surface area contributed by atoms with Crippen LogP contribution in [0.3, 0.4) is 0 Å². The van der Waals surface area contributed by atoms with E-state index in [4.69, 9.17) is 9.15 Å². The second kappa shape index (κ2) is 6.82. The molecule has 0 saturated carbocycles. The molecule has 7 nitrogen and oxygen atoms in total. The van der Waals surface area contributed by atoms with E-state index in [1.807, 2.05) is 19.9 Å². The van der Waals surface area contributed by atoms with Gasteiger partial charge in [0.15, 0.2) is 5.43 Å². The van der Waals surface area contributed by atoms with Crippen LogP contribution in [-0.4, -0.2) is 24.6 Å². The third-order valence-corrected chi connectivity index (χ3v) is 4.68. The van der Waals surface area contributed by atoms with Crippen LogP contribution in [0.1, 0.15) is 36.6 Å². The minimum Gasteiger partial charge on any atom is -0.466 e. The summed E-state index contributed by atoms with van der Waals surface area (Å²) >= 11 is 0. The summed E-state index contributed by atoms with van der Waals surface area (Å²) in [5.74, 6) is -1.21. The molecule has 1 aromatic heterocycles. The van der Waals surface area contributed by atoms with Crippen LogP contribution in [0.2, 0.25) is 0 Å². The van der Waals surface area contributed by atoms with Gasteiger partial charge in [-0.2, -0.15) is 0 Å². The van der Waals surface area contributed by atoms with Gasteiger partial charge in [0.2, 0.25) is 0 Å². The molecule has 2 aromatic rings. The average molecular weight is 358 g/mol. The highest BCUT2D eigenvalue weighted by molar-refractivity contribution is 5.84. The first-order valence-corrected chi connectivity index (χ1v) is 8.59. The van der Waals surface area contributed by atoms with Gasteiger partial charge in [-0.05, 0) is 44.9 Å². The van der Waals surface area contributed by atoms with Crippen molar-refractivity contribution < 1.29 is 18.7 Å². The predicted molar refractivity (Wildman–Crippen MR) is 96.0 cm³/mol. The maximum absolute atomic E-state index is 13.1. The number of carbonyl (C=O) groups excluding carboxylic acids is 2. The van der Waals surface area contributed by atoms with Crippen molar-refractivity contribution in [3.05, 3.63) is 45.3 Å². The van der Waals surface area contributed by atoms with Crippen molar-refractivity contribution in [2.45, 2.75) is 39.8 Å². The van der Waals surface area contributed by atoms with Crippen LogP contribution in [0.15, 0.2) is 27.6 Å². The van der Waals surface area contributed by atoms with Crippen molar-refractivity contribution in [2.24, 2.45) is 5.92 Å². The van der Waals surface area contributed by atoms with E-state index in [9.17, 15) is 14.4 Å². The van der Waals surface area contributed by atoms with Gasteiger partial charge in [-0.1, -0.05) is 6.07 Å². The molecule has 3 unspecified atom stereocenters. The van der Waals surface area contributed by atoms with Gasteiger partial charge in [-0.15, -0.1) is 0 Å². The van der Waals surface area contributed by atoms with Crippen LogP contribution in [0.25, 0.3) is 11.0 Å². The number of hydrogen-bond donors (Lipinski definition) is 2. The molecule has 1 aliphatic heterocycles. The Bertz CT molecular complexity index is 933. The molecule has 2 amide bonds. The van der Waals surface area contributed by atoms with Crippen molar-refractivity contribution in [1.82, 2.24) is 10.6 Å². The van der Waals surface area contributed by atoms with Gasteiger partial charge in [0.25, 0.3) is 0 Å². The largest absolute Gasteiger partial charge is 0.466 e. The molecule has 2 heterocycles. The second-order valence-corrected chi connectivity index (χ2v) is 6.64. The fourth-order valence-corrected chi connectivity index (χ4v) is 3.56. The maximum Gasteiger partial charge on any atom is 0.315 e. The molecule has 1 aliphatic rings. The number of esters is 1. The third kappa shape index (κ3) is 3.05. The Kier molecular flexibility index (Phi) is 4.71. The van der Waals surface area contributed by atoms with Gasteiger partial charge in [0.1, 0.15) is 17.8 Å². The van der Waals surface area contributed by atoms with E-state index in [-0.39, 0.29) is 17.6 Å². The third-order valence-electron chi connectivity index (χ3n) is 4.68. The monoisotopic (exact) mass is 358 g/mol. The van der Waals surface area contributed by atoms with Crippen molar-refractivity contribution in [2.75, 3.05) is 6.61 Å². The van der Waals surface area contributed by atoms with Crippen molar-refractivity contribution in [3.8, 4) is 0 Å². The minimum absolute atomic E-state index is 0.216. The number of benzene rings is 1. The first-order valence-electron chi connectivity index (χ1n) is 8.59. The topological polar surface area (TPSA) is 97.6 Å². The summed E-state index contributed by atoms with van der Waals surface area (Å²) in [6.07, 6.45) is 1.33. The fraction of sp³-hybridized carbons (Fsp3) is 0.421. The quantitative estimate of drug-likeness (QED) is 0.821. The van der Waals surface area contributed by atoms with E-state index >= 15 is 0 Å². The van der Waals surface area contributed by atoms with E-state index in [1.54, 1.807) is 19.9 Å². The number of rotatable bonds is 3. The number of amides is 2. The summed E-state index contributed by atoms with van der Waals surface area (Å²) in [4.78, 5) is 37.5. The molecule has 1 aromatic carbocycles. The number of ether oxygens (including phenoxy) is 1. The lowest BCUT2D eigenvalue weighted by Gasteiger charge is -2.35. The molecule has 2 N–H and O–H groups in total. The Balaban J connectivity index is 2.15. The first-order chi connectivity index (χ1) is 12.3. The van der Waals surface area contributed by atoms with Crippen LogP contribution in [-0.2, 0) is 9.53 Å². The number of nitrogens with one attached hydrogen (secondary N) is 2. The van der Waals surface area contributed by atoms with Gasteiger partial charge in [0.05, 0.1) is 23.6 Å². The summed E-state index contributed by atoms with van der Waals surface area (Å²) in [6, 6.07) is 1.94. The highest BCUT2D eigenvalue weighted by Crippen LogP contribution is 2.29. The Morgan fingerprint density at radius 2 is 1.96 bits per heavy atom. The lowest BCUT2D eigenvalue weighted by atomic mass is 9.86. The zero-order chi connectivity index (χ0) is 19.0. The molecule has 138 valence electrons. The summed E-state index contributed by atoms with van der Waals surface area (Å²) in [7, 11) is 0. The molecule has 26 heavy (non-hydrogen) atoms. The Morgan fingerprint density at radius 3 is 2.65 bits per heavy atom. The normalized spacial score (nSPS) is 22.6. The molecule has 3 rings (SSSR count). The van der Waals surface area contributed by atoms with Gasteiger partial charge >= 0.3 is 12.0 Å². The number of aryl methyl sites for hydroxylation is 2. The number of urea groups is 1. The van der Waals surface area contributed by atoms with E-state index in [0.717, 1.165) is 11.1 Å². The molecule has 1 fully saturated rings. The van der Waals surface area contributed by atoms with Crippen LogP contribution in [0.5, 0.6) is 0 Å². The fourth-order valence-electron chi connectivity index (χ4n) is 3.56. The van der Waals surface area contributed by atoms with E-state index in [1.165, 1.54) is 6.26 Å². The van der Waals surface area contributed by atoms with E-state index in [0.29, 0.717) is 11.0 Å². The summed E-state index contributed by atoms with van der Waals surface area (Å²) in [5.41, 5.74) is 2.24. The van der Waals surface area contributed by atoms with Crippen molar-refractivity contribution in [3.63, 3.8) is 0 Å². The molecule has 0 aliphatic carbocycles. The number of fused-ring (bicyclic) bond motifs is 1. The van der Waals surface area contributed by atoms with Gasteiger partial charge < -0.3 is 19.8 Å². The SMILES string of the molecule is CCOC(=O)C1C(C)NC(=O)NC1c1coc2cc(C)cc(C)c2c1=O. The summed E-state index contributed by atoms with van der Waals surface area (Å²) in [6.45, 7) is 7.40. The van der Waals surface area contributed by atoms with Crippen LogP contribution in [0, 0.1) is 19.8 Å². The van der Waals surface area contributed by atoms with Crippen molar-refractivity contribution in [1.29, 1.82) is 0 Å². The lowest BCUT2D eigenvalue weighted by Crippen LogP contribution is -2.58. The highest BCUT2D eigenvalue weighted by Gasteiger charge is 2.42. The van der Waals surface area contributed by atoms with E-state index in [2.05, 4.69) is 10.6 Å². The zero-order valence-electron chi connectivity index (χ0n) is 15.2. The minimum atomic E-state index is -0.820. The molecule has 0 spiro atoms.